The van der Waals surface area contributed by atoms with Crippen LogP contribution in [-0.4, -0.2) is 27.5 Å². The van der Waals surface area contributed by atoms with Crippen LogP contribution in [0.4, 0.5) is 11.4 Å². The molecule has 1 saturated heterocycles. The van der Waals surface area contributed by atoms with E-state index in [2.05, 4.69) is 21.2 Å². The number of carbonyl (C=O) groups is 3. The van der Waals surface area contributed by atoms with Crippen LogP contribution in [-0.2, 0) is 20.9 Å². The van der Waals surface area contributed by atoms with Crippen molar-refractivity contribution in [1.29, 1.82) is 0 Å². The molecule has 3 heterocycles. The lowest BCUT2D eigenvalue weighted by molar-refractivity contribution is -0.122. The second kappa shape index (κ2) is 11.1. The molecule has 3 amide bonds. The Balaban J connectivity index is 1.40. The lowest BCUT2D eigenvalue weighted by atomic mass is 9.83. The van der Waals surface area contributed by atoms with Gasteiger partial charge in [-0.05, 0) is 55.0 Å². The third-order valence-corrected chi connectivity index (χ3v) is 10.9. The van der Waals surface area contributed by atoms with Gasteiger partial charge < -0.3 is 5.32 Å². The first-order valence-electron chi connectivity index (χ1n) is 12.5. The number of aromatic nitrogens is 1. The van der Waals surface area contributed by atoms with Crippen LogP contribution in [0, 0.1) is 12.8 Å². The number of anilines is 2. The quantitative estimate of drug-likeness (QED) is 0.235. The molecule has 4 aromatic rings. The monoisotopic (exact) mass is 687 g/mol. The molecule has 0 spiro atoms. The van der Waals surface area contributed by atoms with E-state index in [9.17, 15) is 19.2 Å². The molecule has 0 radical (unpaired) electrons. The third kappa shape index (κ3) is 5.17. The Morgan fingerprint density at radius 1 is 0.951 bits per heavy atom. The number of carbonyl (C=O) groups excluding carboxylic acids is 3. The number of nitrogens with one attached hydrogen (secondary N) is 1. The Morgan fingerprint density at radius 3 is 2.34 bits per heavy atom. The number of thiazole rings is 1. The standard InChI is InChI=1S/C29H20BrCl2N3O4S2/c1-14-2-9-18(10-3-14)35-26(37)23-22(15-4-6-16(30)7-5-15)25-28(40-24(23)27(35)38)34(29(39)41-25)13-21(36)33-17-8-11-19(31)20(32)12-17/h2-12,22-24H,13H2,1H3,(H,33,36). The summed E-state index contributed by atoms with van der Waals surface area (Å²) in [6.07, 6.45) is 0. The van der Waals surface area contributed by atoms with Crippen LogP contribution in [0.5, 0.6) is 0 Å². The molecular formula is C29H20BrCl2N3O4S2. The first kappa shape index (κ1) is 28.2. The molecule has 208 valence electrons. The lowest BCUT2D eigenvalue weighted by Crippen LogP contribution is -2.33. The fourth-order valence-electron chi connectivity index (χ4n) is 5.15. The highest BCUT2D eigenvalue weighted by atomic mass is 79.9. The van der Waals surface area contributed by atoms with E-state index in [0.29, 0.717) is 26.3 Å². The largest absolute Gasteiger partial charge is 0.324 e. The van der Waals surface area contributed by atoms with Crippen LogP contribution in [0.3, 0.4) is 0 Å². The SMILES string of the molecule is Cc1ccc(N2C(=O)C3Sc4c(sc(=O)n4CC(=O)Nc4ccc(Cl)c(Cl)c4)C(c4ccc(Br)cc4)C3C2=O)cc1. The van der Waals surface area contributed by atoms with Crippen molar-refractivity contribution in [3.05, 3.63) is 107 Å². The van der Waals surface area contributed by atoms with E-state index in [4.69, 9.17) is 23.2 Å². The van der Waals surface area contributed by atoms with E-state index in [1.807, 2.05) is 43.3 Å². The van der Waals surface area contributed by atoms with Crippen molar-refractivity contribution in [1.82, 2.24) is 4.57 Å². The van der Waals surface area contributed by atoms with E-state index in [1.54, 1.807) is 24.3 Å². The van der Waals surface area contributed by atoms with E-state index in [-0.39, 0.29) is 28.3 Å². The van der Waals surface area contributed by atoms with Crippen molar-refractivity contribution in [2.24, 2.45) is 5.92 Å². The first-order valence-corrected chi connectivity index (χ1v) is 15.7. The van der Waals surface area contributed by atoms with Crippen LogP contribution >= 0.6 is 62.2 Å². The summed E-state index contributed by atoms with van der Waals surface area (Å²) in [4.78, 5) is 55.6. The Kier molecular flexibility index (Phi) is 7.63. The third-order valence-electron chi connectivity index (χ3n) is 7.08. The molecule has 41 heavy (non-hydrogen) atoms. The molecule has 1 aromatic heterocycles. The number of amides is 3. The maximum absolute atomic E-state index is 13.9. The number of halogens is 3. The van der Waals surface area contributed by atoms with Gasteiger partial charge in [-0.1, -0.05) is 92.1 Å². The fourth-order valence-corrected chi connectivity index (χ4v) is 8.49. The molecule has 1 N–H and O–H groups in total. The summed E-state index contributed by atoms with van der Waals surface area (Å²) in [6, 6.07) is 19.5. The van der Waals surface area contributed by atoms with Crippen molar-refractivity contribution in [3.8, 4) is 0 Å². The average molecular weight is 689 g/mol. The highest BCUT2D eigenvalue weighted by Crippen LogP contribution is 2.54. The van der Waals surface area contributed by atoms with Crippen molar-refractivity contribution in [2.45, 2.75) is 29.7 Å². The Hall–Kier alpha value is -2.89. The van der Waals surface area contributed by atoms with E-state index in [1.165, 1.54) is 27.3 Å². The van der Waals surface area contributed by atoms with Gasteiger partial charge in [-0.2, -0.15) is 0 Å². The van der Waals surface area contributed by atoms with Gasteiger partial charge in [-0.15, -0.1) is 0 Å². The number of rotatable bonds is 5. The van der Waals surface area contributed by atoms with Crippen molar-refractivity contribution in [3.63, 3.8) is 0 Å². The number of fused-ring (bicyclic) bond motifs is 2. The van der Waals surface area contributed by atoms with Gasteiger partial charge in [0, 0.05) is 21.0 Å². The maximum Gasteiger partial charge on any atom is 0.308 e. The van der Waals surface area contributed by atoms with Crippen LogP contribution in [0.2, 0.25) is 10.0 Å². The van der Waals surface area contributed by atoms with Crippen LogP contribution < -0.4 is 15.1 Å². The normalized spacial score (nSPS) is 19.7. The predicted octanol–water partition coefficient (Wildman–Crippen LogP) is 6.72. The summed E-state index contributed by atoms with van der Waals surface area (Å²) in [5.41, 5.74) is 2.77. The topological polar surface area (TPSA) is 88.5 Å². The molecule has 7 nitrogen and oxygen atoms in total. The molecule has 12 heteroatoms. The van der Waals surface area contributed by atoms with E-state index >= 15 is 0 Å². The Labute approximate surface area is 261 Å². The highest BCUT2D eigenvalue weighted by molar-refractivity contribution is 9.10. The minimum Gasteiger partial charge on any atom is -0.324 e. The van der Waals surface area contributed by atoms with Crippen LogP contribution in [0.15, 0.2) is 81.0 Å². The number of thioether (sulfide) groups is 1. The number of aryl methyl sites for hydroxylation is 1. The van der Waals surface area contributed by atoms with Gasteiger partial charge in [0.05, 0.1) is 26.7 Å². The summed E-state index contributed by atoms with van der Waals surface area (Å²) >= 11 is 17.7. The fraction of sp³-hybridized carbons (Fsp3) is 0.172. The Bertz CT molecular complexity index is 1770. The van der Waals surface area contributed by atoms with Gasteiger partial charge in [0.25, 0.3) is 0 Å². The first-order chi connectivity index (χ1) is 19.6. The van der Waals surface area contributed by atoms with Crippen molar-refractivity contribution in [2.75, 3.05) is 10.2 Å². The van der Waals surface area contributed by atoms with Gasteiger partial charge in [0.2, 0.25) is 17.7 Å². The van der Waals surface area contributed by atoms with E-state index in [0.717, 1.165) is 26.9 Å². The maximum atomic E-state index is 13.9. The van der Waals surface area contributed by atoms with Gasteiger partial charge in [0.15, 0.2) is 0 Å². The molecule has 6 rings (SSSR count). The predicted molar refractivity (Wildman–Crippen MR) is 166 cm³/mol. The number of imide groups is 1. The molecule has 2 aliphatic rings. The summed E-state index contributed by atoms with van der Waals surface area (Å²) in [5.74, 6) is -2.33. The number of hydrogen-bond donors (Lipinski definition) is 1. The summed E-state index contributed by atoms with van der Waals surface area (Å²) in [7, 11) is 0. The number of nitrogens with zero attached hydrogens (tertiary/aromatic N) is 2. The lowest BCUT2D eigenvalue weighted by Gasteiger charge is -2.30. The zero-order valence-corrected chi connectivity index (χ0v) is 26.0. The highest BCUT2D eigenvalue weighted by Gasteiger charge is 2.56. The zero-order valence-electron chi connectivity index (χ0n) is 21.3. The molecule has 0 bridgehead atoms. The summed E-state index contributed by atoms with van der Waals surface area (Å²) in [6.45, 7) is 1.66. The second-order valence-corrected chi connectivity index (χ2v) is 13.6. The molecule has 3 aromatic carbocycles. The Morgan fingerprint density at radius 2 is 1.66 bits per heavy atom. The second-order valence-electron chi connectivity index (χ2n) is 9.74. The summed E-state index contributed by atoms with van der Waals surface area (Å²) < 4.78 is 2.24. The van der Waals surface area contributed by atoms with Crippen LogP contribution in [0.1, 0.15) is 21.9 Å². The zero-order chi connectivity index (χ0) is 29.0. The molecule has 1 fully saturated rings. The number of hydrogen-bond acceptors (Lipinski definition) is 6. The van der Waals surface area contributed by atoms with E-state index < -0.39 is 23.0 Å². The molecule has 0 aliphatic carbocycles. The van der Waals surface area contributed by atoms with Crippen molar-refractivity contribution >= 4 is 91.3 Å². The van der Waals surface area contributed by atoms with Gasteiger partial charge in [-0.25, -0.2) is 4.90 Å². The minimum absolute atomic E-state index is 0.272. The molecule has 3 atom stereocenters. The van der Waals surface area contributed by atoms with Gasteiger partial charge in [-0.3, -0.25) is 23.7 Å². The summed E-state index contributed by atoms with van der Waals surface area (Å²) in [5, 5.41) is 3.15. The molecular weight excluding hydrogens is 669 g/mol. The van der Waals surface area contributed by atoms with Gasteiger partial charge in [0.1, 0.15) is 11.8 Å². The minimum atomic E-state index is -0.761. The molecule has 0 saturated carbocycles. The number of benzene rings is 3. The van der Waals surface area contributed by atoms with Crippen molar-refractivity contribution < 1.29 is 14.4 Å². The molecule has 3 unspecified atom stereocenters. The molecule has 2 aliphatic heterocycles. The average Bonchev–Trinajstić information content (AvgIpc) is 3.38. The smallest absolute Gasteiger partial charge is 0.308 e. The van der Waals surface area contributed by atoms with Gasteiger partial charge >= 0.3 is 4.87 Å². The van der Waals surface area contributed by atoms with Crippen LogP contribution in [0.25, 0.3) is 0 Å².